The van der Waals surface area contributed by atoms with Gasteiger partial charge in [0.1, 0.15) is 0 Å². The van der Waals surface area contributed by atoms with E-state index in [1.54, 1.807) is 12.5 Å². The van der Waals surface area contributed by atoms with Crippen molar-refractivity contribution in [3.63, 3.8) is 0 Å². The quantitative estimate of drug-likeness (QED) is 0.632. The Hall–Kier alpha value is -0.920. The van der Waals surface area contributed by atoms with Gasteiger partial charge in [-0.15, -0.1) is 0 Å². The molecule has 0 fully saturated rings. The third-order valence-corrected chi connectivity index (χ3v) is 4.40. The van der Waals surface area contributed by atoms with Gasteiger partial charge in [0.15, 0.2) is 0 Å². The van der Waals surface area contributed by atoms with Crippen molar-refractivity contribution >= 4 is 10.0 Å². The van der Waals surface area contributed by atoms with Crippen LogP contribution < -0.4 is 10.0 Å². The predicted octanol–water partition coefficient (Wildman–Crippen LogP) is 0.969. The average molecular weight is 302 g/mol. The summed E-state index contributed by atoms with van der Waals surface area (Å²) in [5, 5.41) is 3.28. The molecule has 0 bridgehead atoms. The summed E-state index contributed by atoms with van der Waals surface area (Å²) >= 11 is 0. The molecular formula is C13H26N4O2S. The second-order valence-electron chi connectivity index (χ2n) is 5.41. The zero-order chi connectivity index (χ0) is 15.0. The molecule has 1 heterocycles. The fraction of sp³-hybridized carbons (Fsp3) is 0.769. The van der Waals surface area contributed by atoms with Gasteiger partial charge in [-0.1, -0.05) is 13.8 Å². The van der Waals surface area contributed by atoms with E-state index in [9.17, 15) is 8.42 Å². The molecule has 0 amide bonds. The molecule has 0 saturated carbocycles. The lowest BCUT2D eigenvalue weighted by molar-refractivity contribution is 0.516. The van der Waals surface area contributed by atoms with Crippen LogP contribution in [0.25, 0.3) is 0 Å². The Morgan fingerprint density at radius 1 is 1.25 bits per heavy atom. The lowest BCUT2D eigenvalue weighted by Crippen LogP contribution is -2.37. The fourth-order valence-electron chi connectivity index (χ4n) is 1.92. The van der Waals surface area contributed by atoms with Crippen LogP contribution in [0.15, 0.2) is 18.7 Å². The molecule has 2 N–H and O–H groups in total. The molecule has 7 heteroatoms. The Kier molecular flexibility index (Phi) is 7.18. The van der Waals surface area contributed by atoms with Crippen LogP contribution in [0.5, 0.6) is 0 Å². The first-order valence-corrected chi connectivity index (χ1v) is 8.73. The van der Waals surface area contributed by atoms with Crippen molar-refractivity contribution in [2.75, 3.05) is 12.3 Å². The van der Waals surface area contributed by atoms with Crippen molar-refractivity contribution in [1.29, 1.82) is 0 Å². The summed E-state index contributed by atoms with van der Waals surface area (Å²) < 4.78 is 28.4. The summed E-state index contributed by atoms with van der Waals surface area (Å²) in [5.41, 5.74) is 0. The fourth-order valence-corrected chi connectivity index (χ4v) is 3.31. The summed E-state index contributed by atoms with van der Waals surface area (Å²) in [6, 6.07) is 0.308. The third kappa shape index (κ3) is 7.62. The minimum Gasteiger partial charge on any atom is -0.336 e. The molecular weight excluding hydrogens is 276 g/mol. The lowest BCUT2D eigenvalue weighted by Gasteiger charge is -2.15. The van der Waals surface area contributed by atoms with Gasteiger partial charge in [-0.25, -0.2) is 18.1 Å². The highest BCUT2D eigenvalue weighted by atomic mass is 32.2. The molecule has 1 aromatic heterocycles. The number of aromatic nitrogens is 2. The highest BCUT2D eigenvalue weighted by Gasteiger charge is 2.14. The van der Waals surface area contributed by atoms with Gasteiger partial charge in [-0.05, 0) is 26.3 Å². The highest BCUT2D eigenvalue weighted by Crippen LogP contribution is 1.98. The van der Waals surface area contributed by atoms with Crippen LogP contribution in [0.2, 0.25) is 0 Å². The number of nitrogens with one attached hydrogen (secondary N) is 2. The van der Waals surface area contributed by atoms with Gasteiger partial charge in [-0.2, -0.15) is 0 Å². The van der Waals surface area contributed by atoms with Crippen molar-refractivity contribution in [2.45, 2.75) is 52.2 Å². The molecule has 6 nitrogen and oxygen atoms in total. The molecule has 116 valence electrons. The van der Waals surface area contributed by atoms with Crippen LogP contribution in [0.3, 0.4) is 0 Å². The van der Waals surface area contributed by atoms with Gasteiger partial charge in [0.05, 0.1) is 12.1 Å². The molecule has 20 heavy (non-hydrogen) atoms. The van der Waals surface area contributed by atoms with Crippen LogP contribution in [0.4, 0.5) is 0 Å². The maximum atomic E-state index is 11.9. The summed E-state index contributed by atoms with van der Waals surface area (Å²) in [6.07, 6.45) is 6.73. The molecule has 0 aliphatic heterocycles. The van der Waals surface area contributed by atoms with Crippen LogP contribution in [-0.2, 0) is 16.6 Å². The predicted molar refractivity (Wildman–Crippen MR) is 81.0 cm³/mol. The Labute approximate surface area is 122 Å². The number of rotatable bonds is 10. The summed E-state index contributed by atoms with van der Waals surface area (Å²) in [6.45, 7) is 7.47. The monoisotopic (exact) mass is 302 g/mol. The first-order valence-electron chi connectivity index (χ1n) is 7.08. The summed E-state index contributed by atoms with van der Waals surface area (Å²) in [4.78, 5) is 3.93. The number of hydrogen-bond donors (Lipinski definition) is 2. The number of sulfonamides is 1. The SMILES string of the molecule is CC(C)NCCCCS(=O)(=O)NC(C)Cn1ccnc1. The van der Waals surface area contributed by atoms with Crippen LogP contribution in [-0.4, -0.2) is 42.4 Å². The van der Waals surface area contributed by atoms with Gasteiger partial charge in [0.25, 0.3) is 0 Å². The molecule has 1 unspecified atom stereocenters. The number of unbranched alkanes of at least 4 members (excludes halogenated alkanes) is 1. The van der Waals surface area contributed by atoms with E-state index in [1.165, 1.54) is 0 Å². The molecule has 0 radical (unpaired) electrons. The lowest BCUT2D eigenvalue weighted by atomic mass is 10.3. The minimum absolute atomic E-state index is 0.136. The van der Waals surface area contributed by atoms with Gasteiger partial charge in [0, 0.05) is 31.0 Å². The Morgan fingerprint density at radius 2 is 2.00 bits per heavy atom. The van der Waals surface area contributed by atoms with E-state index in [0.29, 0.717) is 19.0 Å². The zero-order valence-electron chi connectivity index (χ0n) is 12.5. The molecule has 0 aliphatic carbocycles. The largest absolute Gasteiger partial charge is 0.336 e. The molecule has 0 saturated heterocycles. The van der Waals surface area contributed by atoms with Crippen LogP contribution in [0.1, 0.15) is 33.6 Å². The second-order valence-corrected chi connectivity index (χ2v) is 7.29. The van der Waals surface area contributed by atoms with Crippen molar-refractivity contribution in [1.82, 2.24) is 19.6 Å². The Balaban J connectivity index is 2.23. The third-order valence-electron chi connectivity index (χ3n) is 2.82. The molecule has 1 rings (SSSR count). The minimum atomic E-state index is -3.20. The Bertz CT molecular complexity index is 457. The van der Waals surface area contributed by atoms with E-state index < -0.39 is 10.0 Å². The van der Waals surface area contributed by atoms with Gasteiger partial charge >= 0.3 is 0 Å². The second kappa shape index (κ2) is 8.39. The number of imidazole rings is 1. The van der Waals surface area contributed by atoms with Crippen LogP contribution >= 0.6 is 0 Å². The number of nitrogens with zero attached hydrogens (tertiary/aromatic N) is 2. The van der Waals surface area contributed by atoms with E-state index in [-0.39, 0.29) is 11.8 Å². The standard InChI is InChI=1S/C13H26N4O2S/c1-12(2)15-6-4-5-9-20(18,19)16-13(3)10-17-8-7-14-11-17/h7-8,11-13,15-16H,4-6,9-10H2,1-3H3. The van der Waals surface area contributed by atoms with E-state index in [2.05, 4.69) is 28.9 Å². The summed E-state index contributed by atoms with van der Waals surface area (Å²) in [5.74, 6) is 0.182. The van der Waals surface area contributed by atoms with E-state index in [4.69, 9.17) is 0 Å². The van der Waals surface area contributed by atoms with Gasteiger partial charge < -0.3 is 9.88 Å². The maximum absolute atomic E-state index is 11.9. The van der Waals surface area contributed by atoms with Crippen molar-refractivity contribution in [3.8, 4) is 0 Å². The topological polar surface area (TPSA) is 76.0 Å². The highest BCUT2D eigenvalue weighted by molar-refractivity contribution is 7.89. The molecule has 1 atom stereocenters. The number of hydrogen-bond acceptors (Lipinski definition) is 4. The van der Waals surface area contributed by atoms with E-state index in [1.807, 2.05) is 17.7 Å². The van der Waals surface area contributed by atoms with E-state index in [0.717, 1.165) is 13.0 Å². The molecule has 0 spiro atoms. The van der Waals surface area contributed by atoms with Crippen LogP contribution in [0, 0.1) is 0 Å². The molecule has 0 aromatic carbocycles. The van der Waals surface area contributed by atoms with Crippen molar-refractivity contribution in [3.05, 3.63) is 18.7 Å². The van der Waals surface area contributed by atoms with Gasteiger partial charge in [-0.3, -0.25) is 0 Å². The van der Waals surface area contributed by atoms with Crippen molar-refractivity contribution in [2.24, 2.45) is 0 Å². The normalized spacial score (nSPS) is 13.8. The molecule has 0 aliphatic rings. The first-order chi connectivity index (χ1) is 9.39. The smallest absolute Gasteiger partial charge is 0.211 e. The average Bonchev–Trinajstić information content (AvgIpc) is 2.79. The molecule has 1 aromatic rings. The van der Waals surface area contributed by atoms with Crippen molar-refractivity contribution < 1.29 is 8.42 Å². The zero-order valence-corrected chi connectivity index (χ0v) is 13.4. The summed E-state index contributed by atoms with van der Waals surface area (Å²) in [7, 11) is -3.20. The maximum Gasteiger partial charge on any atom is 0.211 e. The first kappa shape index (κ1) is 17.1. The van der Waals surface area contributed by atoms with Gasteiger partial charge in [0.2, 0.25) is 10.0 Å². The van der Waals surface area contributed by atoms with E-state index >= 15 is 0 Å². The Morgan fingerprint density at radius 3 is 2.60 bits per heavy atom.